The third-order valence-electron chi connectivity index (χ3n) is 4.84. The molecule has 0 amide bonds. The average Bonchev–Trinajstić information content (AvgIpc) is 2.59. The Bertz CT molecular complexity index is 696. The summed E-state index contributed by atoms with van der Waals surface area (Å²) in [6, 6.07) is 5.50. The van der Waals surface area contributed by atoms with Crippen molar-refractivity contribution in [3.63, 3.8) is 0 Å². The van der Waals surface area contributed by atoms with Gasteiger partial charge in [-0.1, -0.05) is 6.07 Å². The molecule has 120 valence electrons. The minimum Gasteiger partial charge on any atom is -0.506 e. The van der Waals surface area contributed by atoms with Crippen LogP contribution >= 0.6 is 0 Å². The molecular formula is C17H20N4O2. The highest BCUT2D eigenvalue weighted by molar-refractivity contribution is 5.69. The molecule has 1 aromatic heterocycles. The summed E-state index contributed by atoms with van der Waals surface area (Å²) in [7, 11) is 0. The number of nitrogens with zero attached hydrogens (tertiary/aromatic N) is 3. The molecule has 23 heavy (non-hydrogen) atoms. The van der Waals surface area contributed by atoms with Gasteiger partial charge in [0.25, 0.3) is 0 Å². The number of hydrogen-bond acceptors (Lipinski definition) is 6. The second-order valence-electron chi connectivity index (χ2n) is 6.32. The zero-order valence-electron chi connectivity index (χ0n) is 12.9. The summed E-state index contributed by atoms with van der Waals surface area (Å²) in [6.07, 6.45) is 6.07. The second kappa shape index (κ2) is 5.70. The first-order chi connectivity index (χ1) is 11.2. The van der Waals surface area contributed by atoms with E-state index in [2.05, 4.69) is 14.9 Å². The number of piperidine rings is 3. The van der Waals surface area contributed by atoms with Crippen molar-refractivity contribution in [3.8, 4) is 22.9 Å². The van der Waals surface area contributed by atoms with Gasteiger partial charge in [-0.3, -0.25) is 4.90 Å². The van der Waals surface area contributed by atoms with Crippen LogP contribution in [0.4, 0.5) is 5.69 Å². The Hall–Kier alpha value is -2.34. The molecular weight excluding hydrogens is 292 g/mol. The normalized spacial score (nSPS) is 26.2. The van der Waals surface area contributed by atoms with Gasteiger partial charge in [0.05, 0.1) is 5.69 Å². The number of anilines is 1. The summed E-state index contributed by atoms with van der Waals surface area (Å²) in [4.78, 5) is 11.1. The monoisotopic (exact) mass is 312 g/mol. The molecule has 6 heteroatoms. The molecule has 4 heterocycles. The molecule has 1 atom stereocenters. The Morgan fingerprint density at radius 2 is 1.87 bits per heavy atom. The van der Waals surface area contributed by atoms with E-state index in [1.807, 2.05) is 0 Å². The molecule has 1 aromatic carbocycles. The Labute approximate surface area is 134 Å². The number of rotatable bonds is 3. The van der Waals surface area contributed by atoms with Crippen molar-refractivity contribution in [1.82, 2.24) is 14.9 Å². The minimum absolute atomic E-state index is 0.0805. The molecule has 0 radical (unpaired) electrons. The van der Waals surface area contributed by atoms with Crippen molar-refractivity contribution in [3.05, 3.63) is 30.6 Å². The third kappa shape index (κ3) is 2.82. The van der Waals surface area contributed by atoms with Crippen LogP contribution in [-0.4, -0.2) is 45.7 Å². The maximum Gasteiger partial charge on any atom is 0.316 e. The number of nitrogen functional groups attached to an aromatic ring is 1. The van der Waals surface area contributed by atoms with Gasteiger partial charge in [0.2, 0.25) is 0 Å². The molecule has 3 N–H and O–H groups in total. The van der Waals surface area contributed by atoms with Crippen molar-refractivity contribution in [2.45, 2.75) is 18.9 Å². The van der Waals surface area contributed by atoms with Crippen LogP contribution in [0.5, 0.6) is 11.8 Å². The highest BCUT2D eigenvalue weighted by Gasteiger charge is 2.35. The summed E-state index contributed by atoms with van der Waals surface area (Å²) in [5.41, 5.74) is 7.78. The van der Waals surface area contributed by atoms with E-state index in [9.17, 15) is 5.11 Å². The molecule has 3 fully saturated rings. The zero-order chi connectivity index (χ0) is 15.8. The summed E-state index contributed by atoms with van der Waals surface area (Å²) >= 11 is 0. The van der Waals surface area contributed by atoms with Gasteiger partial charge in [-0.25, -0.2) is 9.97 Å². The smallest absolute Gasteiger partial charge is 0.316 e. The van der Waals surface area contributed by atoms with Crippen LogP contribution in [0.15, 0.2) is 30.6 Å². The Morgan fingerprint density at radius 1 is 1.13 bits per heavy atom. The van der Waals surface area contributed by atoms with Gasteiger partial charge in [0.15, 0.2) is 0 Å². The number of fused-ring (bicyclic) bond motifs is 3. The minimum atomic E-state index is 0.0805. The molecule has 6 nitrogen and oxygen atoms in total. The van der Waals surface area contributed by atoms with Crippen LogP contribution in [0, 0.1) is 5.92 Å². The number of benzene rings is 1. The van der Waals surface area contributed by atoms with Crippen LogP contribution in [0.3, 0.4) is 0 Å². The third-order valence-corrected chi connectivity index (χ3v) is 4.84. The van der Waals surface area contributed by atoms with Crippen LogP contribution in [0.1, 0.15) is 12.8 Å². The lowest BCUT2D eigenvalue weighted by Crippen LogP contribution is -2.52. The molecule has 5 rings (SSSR count). The number of aromatic nitrogens is 2. The fourth-order valence-corrected chi connectivity index (χ4v) is 3.44. The molecule has 2 aromatic rings. The molecule has 3 saturated heterocycles. The van der Waals surface area contributed by atoms with Crippen LogP contribution < -0.4 is 10.5 Å². The number of aromatic hydroxyl groups is 1. The summed E-state index contributed by atoms with van der Waals surface area (Å²) in [5.74, 6) is 0.706. The largest absolute Gasteiger partial charge is 0.506 e. The SMILES string of the molecule is Nc1cc(-c2cnc(O[C@H]3CN4CCC3CC4)nc2)ccc1O. The first kappa shape index (κ1) is 14.3. The quantitative estimate of drug-likeness (QED) is 0.665. The van der Waals surface area contributed by atoms with E-state index in [4.69, 9.17) is 10.5 Å². The van der Waals surface area contributed by atoms with Gasteiger partial charge in [-0.15, -0.1) is 0 Å². The number of phenolic OH excluding ortho intramolecular Hbond substituents is 1. The fourth-order valence-electron chi connectivity index (χ4n) is 3.44. The van der Waals surface area contributed by atoms with Gasteiger partial charge >= 0.3 is 6.01 Å². The maximum absolute atomic E-state index is 9.49. The van der Waals surface area contributed by atoms with E-state index in [0.29, 0.717) is 17.6 Å². The lowest BCUT2D eigenvalue weighted by atomic mass is 9.86. The molecule has 0 saturated carbocycles. The molecule has 0 aliphatic carbocycles. The van der Waals surface area contributed by atoms with Crippen molar-refractivity contribution in [1.29, 1.82) is 0 Å². The lowest BCUT2D eigenvalue weighted by molar-refractivity contribution is -0.0123. The molecule has 3 aliphatic rings. The van der Waals surface area contributed by atoms with E-state index in [0.717, 1.165) is 17.7 Å². The van der Waals surface area contributed by atoms with E-state index in [1.165, 1.54) is 25.9 Å². The predicted octanol–water partition coefficient (Wildman–Crippen LogP) is 1.90. The second-order valence-corrected chi connectivity index (χ2v) is 6.32. The molecule has 0 spiro atoms. The van der Waals surface area contributed by atoms with E-state index < -0.39 is 0 Å². The van der Waals surface area contributed by atoms with E-state index in [1.54, 1.807) is 30.6 Å². The number of nitrogens with two attached hydrogens (primary N) is 1. The number of ether oxygens (including phenoxy) is 1. The lowest BCUT2D eigenvalue weighted by Gasteiger charge is -2.43. The van der Waals surface area contributed by atoms with Crippen LogP contribution in [-0.2, 0) is 0 Å². The van der Waals surface area contributed by atoms with Crippen molar-refractivity contribution in [2.24, 2.45) is 5.92 Å². The van der Waals surface area contributed by atoms with Crippen molar-refractivity contribution in [2.75, 3.05) is 25.4 Å². The van der Waals surface area contributed by atoms with Gasteiger partial charge in [0, 0.05) is 24.5 Å². The van der Waals surface area contributed by atoms with E-state index in [-0.39, 0.29) is 11.9 Å². The van der Waals surface area contributed by atoms with Crippen molar-refractivity contribution < 1.29 is 9.84 Å². The van der Waals surface area contributed by atoms with Crippen LogP contribution in [0.25, 0.3) is 11.1 Å². The molecule has 2 bridgehead atoms. The van der Waals surface area contributed by atoms with Crippen LogP contribution in [0.2, 0.25) is 0 Å². The fraction of sp³-hybridized carbons (Fsp3) is 0.412. The Kier molecular flexibility index (Phi) is 3.53. The summed E-state index contributed by atoms with van der Waals surface area (Å²) < 4.78 is 5.99. The molecule has 3 aliphatic heterocycles. The van der Waals surface area contributed by atoms with E-state index >= 15 is 0 Å². The Balaban J connectivity index is 1.48. The van der Waals surface area contributed by atoms with Gasteiger partial charge < -0.3 is 15.6 Å². The van der Waals surface area contributed by atoms with Crippen molar-refractivity contribution >= 4 is 5.69 Å². The zero-order valence-corrected chi connectivity index (χ0v) is 12.9. The highest BCUT2D eigenvalue weighted by atomic mass is 16.5. The first-order valence-electron chi connectivity index (χ1n) is 7.99. The maximum atomic E-state index is 9.49. The Morgan fingerprint density at radius 3 is 2.48 bits per heavy atom. The summed E-state index contributed by atoms with van der Waals surface area (Å²) in [5, 5.41) is 9.49. The number of phenols is 1. The van der Waals surface area contributed by atoms with Gasteiger partial charge in [-0.2, -0.15) is 0 Å². The highest BCUT2D eigenvalue weighted by Crippen LogP contribution is 2.30. The molecule has 0 unspecified atom stereocenters. The van der Waals surface area contributed by atoms with Gasteiger partial charge in [-0.05, 0) is 49.5 Å². The topological polar surface area (TPSA) is 84.5 Å². The first-order valence-corrected chi connectivity index (χ1v) is 7.99. The average molecular weight is 312 g/mol. The van der Waals surface area contributed by atoms with Gasteiger partial charge in [0.1, 0.15) is 11.9 Å². The number of hydrogen-bond donors (Lipinski definition) is 2. The summed E-state index contributed by atoms with van der Waals surface area (Å²) in [6.45, 7) is 3.35. The predicted molar refractivity (Wildman–Crippen MR) is 87.1 cm³/mol. The standard InChI is InChI=1S/C17H20N4O2/c18-14-7-12(1-2-15(14)22)13-8-19-17(20-9-13)23-16-10-21-5-3-11(16)4-6-21/h1-2,7-9,11,16,22H,3-6,10,18H2/t16-/m0/s1.